The Balaban J connectivity index is 1.56. The molecule has 1 unspecified atom stereocenters. The highest BCUT2D eigenvalue weighted by molar-refractivity contribution is 6.01. The fraction of sp³-hybridized carbons (Fsp3) is 0.273. The lowest BCUT2D eigenvalue weighted by molar-refractivity contribution is -0.147. The Morgan fingerprint density at radius 2 is 1.60 bits per heavy atom. The van der Waals surface area contributed by atoms with Crippen molar-refractivity contribution in [1.82, 2.24) is 0 Å². The zero-order valence-corrected chi connectivity index (χ0v) is 16.6. The number of ketones is 1. The second kappa shape index (κ2) is 9.21. The SMILES string of the molecule is COC(=O)c1ccc(N2CC(C(=O)OCC(=O)c3ccc(OC)cc3)CC2=O)cc1. The number of ether oxygens (including phenoxy) is 3. The first kappa shape index (κ1) is 21.0. The van der Waals surface area contributed by atoms with E-state index in [0.717, 1.165) is 0 Å². The van der Waals surface area contributed by atoms with E-state index in [1.54, 1.807) is 48.5 Å². The van der Waals surface area contributed by atoms with Crippen LogP contribution in [0.5, 0.6) is 5.75 Å². The van der Waals surface area contributed by atoms with Crippen molar-refractivity contribution in [3.05, 3.63) is 59.7 Å². The molecule has 30 heavy (non-hydrogen) atoms. The zero-order valence-electron chi connectivity index (χ0n) is 16.6. The maximum Gasteiger partial charge on any atom is 0.337 e. The smallest absolute Gasteiger partial charge is 0.337 e. The molecule has 0 N–H and O–H groups in total. The monoisotopic (exact) mass is 411 g/mol. The van der Waals surface area contributed by atoms with Crippen LogP contribution in [0.3, 0.4) is 0 Å². The van der Waals surface area contributed by atoms with Crippen molar-refractivity contribution < 1.29 is 33.4 Å². The highest BCUT2D eigenvalue weighted by atomic mass is 16.5. The van der Waals surface area contributed by atoms with Gasteiger partial charge in [-0.3, -0.25) is 14.4 Å². The number of carbonyl (C=O) groups is 4. The van der Waals surface area contributed by atoms with Crippen molar-refractivity contribution >= 4 is 29.3 Å². The van der Waals surface area contributed by atoms with Gasteiger partial charge in [0.1, 0.15) is 5.75 Å². The molecular formula is C22H21NO7. The van der Waals surface area contributed by atoms with Gasteiger partial charge in [0.05, 0.1) is 25.7 Å². The Kier molecular flexibility index (Phi) is 6.46. The van der Waals surface area contributed by atoms with Gasteiger partial charge in [0, 0.05) is 24.2 Å². The van der Waals surface area contributed by atoms with Crippen LogP contribution in [0, 0.1) is 5.92 Å². The minimum absolute atomic E-state index is 0.00564. The summed E-state index contributed by atoms with van der Waals surface area (Å²) >= 11 is 0. The van der Waals surface area contributed by atoms with Crippen LogP contribution in [0.2, 0.25) is 0 Å². The first-order valence-electron chi connectivity index (χ1n) is 9.25. The van der Waals surface area contributed by atoms with Crippen molar-refractivity contribution in [2.45, 2.75) is 6.42 Å². The Hall–Kier alpha value is -3.68. The van der Waals surface area contributed by atoms with Crippen LogP contribution in [0.4, 0.5) is 5.69 Å². The molecule has 8 nitrogen and oxygen atoms in total. The summed E-state index contributed by atoms with van der Waals surface area (Å²) in [6.07, 6.45) is -0.00564. The van der Waals surface area contributed by atoms with Crippen LogP contribution < -0.4 is 9.64 Å². The zero-order chi connectivity index (χ0) is 21.7. The molecule has 1 aliphatic heterocycles. The van der Waals surface area contributed by atoms with Crippen LogP contribution in [-0.4, -0.2) is 51.0 Å². The number of hydrogen-bond donors (Lipinski definition) is 0. The second-order valence-corrected chi connectivity index (χ2v) is 6.70. The van der Waals surface area contributed by atoms with Gasteiger partial charge in [0.2, 0.25) is 5.91 Å². The Morgan fingerprint density at radius 3 is 2.20 bits per heavy atom. The number of esters is 2. The van der Waals surface area contributed by atoms with Crippen LogP contribution in [0.15, 0.2) is 48.5 Å². The van der Waals surface area contributed by atoms with Gasteiger partial charge in [0.25, 0.3) is 0 Å². The quantitative estimate of drug-likeness (QED) is 0.509. The predicted molar refractivity (Wildman–Crippen MR) is 107 cm³/mol. The Morgan fingerprint density at radius 1 is 0.967 bits per heavy atom. The van der Waals surface area contributed by atoms with Gasteiger partial charge in [-0.25, -0.2) is 4.79 Å². The maximum absolute atomic E-state index is 12.4. The van der Waals surface area contributed by atoms with Crippen LogP contribution in [-0.2, 0) is 19.1 Å². The van der Waals surface area contributed by atoms with Crippen LogP contribution >= 0.6 is 0 Å². The first-order valence-corrected chi connectivity index (χ1v) is 9.25. The molecular weight excluding hydrogens is 390 g/mol. The predicted octanol–water partition coefficient (Wildman–Crippen LogP) is 2.26. The molecule has 2 aromatic rings. The van der Waals surface area contributed by atoms with E-state index in [0.29, 0.717) is 22.6 Å². The van der Waals surface area contributed by atoms with Crippen molar-refractivity contribution in [3.8, 4) is 5.75 Å². The number of methoxy groups -OCH3 is 2. The number of anilines is 1. The second-order valence-electron chi connectivity index (χ2n) is 6.70. The lowest BCUT2D eigenvalue weighted by Gasteiger charge is -2.16. The average Bonchev–Trinajstić information content (AvgIpc) is 3.18. The molecule has 1 heterocycles. The molecule has 1 amide bonds. The molecule has 156 valence electrons. The molecule has 0 radical (unpaired) electrons. The lowest BCUT2D eigenvalue weighted by Crippen LogP contribution is -2.27. The summed E-state index contributed by atoms with van der Waals surface area (Å²) in [5.41, 5.74) is 1.33. The Bertz CT molecular complexity index is 950. The van der Waals surface area contributed by atoms with E-state index in [9.17, 15) is 19.2 Å². The van der Waals surface area contributed by atoms with Gasteiger partial charge in [-0.1, -0.05) is 0 Å². The largest absolute Gasteiger partial charge is 0.497 e. The van der Waals surface area contributed by atoms with Crippen LogP contribution in [0.1, 0.15) is 27.1 Å². The molecule has 0 saturated carbocycles. The number of carbonyl (C=O) groups excluding carboxylic acids is 4. The number of benzene rings is 2. The molecule has 2 aromatic carbocycles. The molecule has 0 aromatic heterocycles. The minimum Gasteiger partial charge on any atom is -0.497 e. The third-order valence-corrected chi connectivity index (χ3v) is 4.82. The molecule has 1 atom stereocenters. The van der Waals surface area contributed by atoms with Gasteiger partial charge >= 0.3 is 11.9 Å². The van der Waals surface area contributed by atoms with Gasteiger partial charge in [-0.2, -0.15) is 0 Å². The number of amides is 1. The molecule has 1 fully saturated rings. The Labute approximate surface area is 173 Å². The van der Waals surface area contributed by atoms with E-state index in [1.165, 1.54) is 19.1 Å². The molecule has 8 heteroatoms. The van der Waals surface area contributed by atoms with Gasteiger partial charge in [-0.05, 0) is 48.5 Å². The van der Waals surface area contributed by atoms with Gasteiger partial charge < -0.3 is 19.1 Å². The highest BCUT2D eigenvalue weighted by Crippen LogP contribution is 2.26. The third kappa shape index (κ3) is 4.65. The van der Waals surface area contributed by atoms with Crippen molar-refractivity contribution in [2.75, 3.05) is 32.3 Å². The van der Waals surface area contributed by atoms with Gasteiger partial charge in [0.15, 0.2) is 12.4 Å². The number of hydrogen-bond acceptors (Lipinski definition) is 7. The fourth-order valence-electron chi connectivity index (χ4n) is 3.13. The summed E-state index contributed by atoms with van der Waals surface area (Å²) in [5, 5.41) is 0. The number of rotatable bonds is 7. The summed E-state index contributed by atoms with van der Waals surface area (Å²) in [6, 6.07) is 12.8. The molecule has 3 rings (SSSR count). The lowest BCUT2D eigenvalue weighted by atomic mass is 10.1. The maximum atomic E-state index is 12.4. The molecule has 1 saturated heterocycles. The van der Waals surface area contributed by atoms with E-state index < -0.39 is 24.5 Å². The van der Waals surface area contributed by atoms with E-state index in [1.807, 2.05) is 0 Å². The summed E-state index contributed by atoms with van der Waals surface area (Å²) in [5.74, 6) is -1.69. The summed E-state index contributed by atoms with van der Waals surface area (Å²) in [7, 11) is 2.81. The summed E-state index contributed by atoms with van der Waals surface area (Å²) in [4.78, 5) is 49.8. The van der Waals surface area contributed by atoms with Crippen molar-refractivity contribution in [2.24, 2.45) is 5.92 Å². The number of Topliss-reactive ketones (excluding diaryl/α,β-unsaturated/α-hetero) is 1. The molecule has 1 aliphatic rings. The topological polar surface area (TPSA) is 99.2 Å². The van der Waals surface area contributed by atoms with E-state index in [4.69, 9.17) is 9.47 Å². The van der Waals surface area contributed by atoms with Crippen molar-refractivity contribution in [1.29, 1.82) is 0 Å². The molecule has 0 aliphatic carbocycles. The normalized spacial score (nSPS) is 15.6. The van der Waals surface area contributed by atoms with E-state index in [-0.39, 0.29) is 24.7 Å². The molecule has 0 spiro atoms. The first-order chi connectivity index (χ1) is 14.4. The highest BCUT2D eigenvalue weighted by Gasteiger charge is 2.36. The molecule has 0 bridgehead atoms. The van der Waals surface area contributed by atoms with Crippen molar-refractivity contribution in [3.63, 3.8) is 0 Å². The summed E-state index contributed by atoms with van der Waals surface area (Å²) in [6.45, 7) is -0.254. The average molecular weight is 411 g/mol. The summed E-state index contributed by atoms with van der Waals surface area (Å²) < 4.78 is 14.8. The fourth-order valence-corrected chi connectivity index (χ4v) is 3.13. The minimum atomic E-state index is -0.665. The third-order valence-electron chi connectivity index (χ3n) is 4.82. The van der Waals surface area contributed by atoms with Gasteiger partial charge in [-0.15, -0.1) is 0 Å². The van der Waals surface area contributed by atoms with Crippen LogP contribution in [0.25, 0.3) is 0 Å². The van der Waals surface area contributed by atoms with E-state index >= 15 is 0 Å². The standard InChI is InChI=1S/C22H21NO7/c1-28-18-9-5-14(6-10-18)19(24)13-30-22(27)16-11-20(25)23(12-16)17-7-3-15(4-8-17)21(26)29-2/h3-10,16H,11-13H2,1-2H3. The number of nitrogens with zero attached hydrogens (tertiary/aromatic N) is 1. The van der Waals surface area contributed by atoms with E-state index in [2.05, 4.69) is 4.74 Å².